The summed E-state index contributed by atoms with van der Waals surface area (Å²) >= 11 is 4.60. The summed E-state index contributed by atoms with van der Waals surface area (Å²) in [6.07, 6.45) is 0. The van der Waals surface area contributed by atoms with Crippen LogP contribution in [-0.4, -0.2) is 12.6 Å². The zero-order valence-corrected chi connectivity index (χ0v) is 12.5. The van der Waals surface area contributed by atoms with Crippen LogP contribution in [0.25, 0.3) is 11.1 Å². The molecule has 19 heavy (non-hydrogen) atoms. The van der Waals surface area contributed by atoms with Crippen LogP contribution >= 0.6 is 27.3 Å². The van der Waals surface area contributed by atoms with Gasteiger partial charge >= 0.3 is 5.97 Å². The molecule has 0 fully saturated rings. The number of nitriles is 1. The van der Waals surface area contributed by atoms with Crippen molar-refractivity contribution in [3.8, 4) is 17.2 Å². The lowest BCUT2D eigenvalue weighted by atomic mass is 10.0. The molecule has 0 N–H and O–H groups in total. The Balaban J connectivity index is 2.54. The zero-order chi connectivity index (χ0) is 13.8. The molecule has 0 saturated heterocycles. The predicted molar refractivity (Wildman–Crippen MR) is 78.1 cm³/mol. The summed E-state index contributed by atoms with van der Waals surface area (Å²) < 4.78 is 5.97. The third-order valence-electron chi connectivity index (χ3n) is 2.51. The molecular weight excluding hydrogens is 326 g/mol. The molecule has 2 aromatic rings. The monoisotopic (exact) mass is 335 g/mol. The highest BCUT2D eigenvalue weighted by Gasteiger charge is 2.20. The Morgan fingerprint density at radius 1 is 1.42 bits per heavy atom. The molecule has 0 unspecified atom stereocenters. The quantitative estimate of drug-likeness (QED) is 0.789. The molecular formula is C14H10BrNO2S. The first-order valence-corrected chi connectivity index (χ1v) is 7.29. The van der Waals surface area contributed by atoms with Crippen molar-refractivity contribution >= 4 is 33.2 Å². The van der Waals surface area contributed by atoms with E-state index in [4.69, 9.17) is 10.00 Å². The molecule has 3 nitrogen and oxygen atoms in total. The Kier molecular flexibility index (Phi) is 4.35. The highest BCUT2D eigenvalue weighted by molar-refractivity contribution is 9.10. The Bertz CT molecular complexity index is 640. The number of ether oxygens (including phenoxy) is 1. The van der Waals surface area contributed by atoms with E-state index in [0.29, 0.717) is 22.6 Å². The van der Waals surface area contributed by atoms with Gasteiger partial charge in [-0.1, -0.05) is 28.1 Å². The van der Waals surface area contributed by atoms with Crippen LogP contribution < -0.4 is 0 Å². The third-order valence-corrected chi connectivity index (χ3v) is 3.99. The molecule has 0 amide bonds. The molecule has 96 valence electrons. The minimum atomic E-state index is -0.382. The molecule has 1 aromatic carbocycles. The average molecular weight is 336 g/mol. The van der Waals surface area contributed by atoms with Crippen molar-refractivity contribution in [1.29, 1.82) is 5.26 Å². The van der Waals surface area contributed by atoms with E-state index in [0.717, 1.165) is 10.0 Å². The van der Waals surface area contributed by atoms with Gasteiger partial charge in [0, 0.05) is 15.4 Å². The minimum Gasteiger partial charge on any atom is -0.462 e. The summed E-state index contributed by atoms with van der Waals surface area (Å²) in [7, 11) is 0. The van der Waals surface area contributed by atoms with Gasteiger partial charge in [-0.25, -0.2) is 4.79 Å². The number of hydrogen-bond acceptors (Lipinski definition) is 4. The molecule has 0 radical (unpaired) electrons. The average Bonchev–Trinajstić information content (AvgIpc) is 2.83. The first-order chi connectivity index (χ1) is 9.17. The van der Waals surface area contributed by atoms with Gasteiger partial charge in [-0.05, 0) is 24.6 Å². The van der Waals surface area contributed by atoms with Crippen molar-refractivity contribution in [2.24, 2.45) is 0 Å². The van der Waals surface area contributed by atoms with Crippen molar-refractivity contribution in [1.82, 2.24) is 0 Å². The highest BCUT2D eigenvalue weighted by atomic mass is 79.9. The molecule has 0 spiro atoms. The van der Waals surface area contributed by atoms with Gasteiger partial charge in [0.15, 0.2) is 0 Å². The third kappa shape index (κ3) is 2.86. The van der Waals surface area contributed by atoms with E-state index < -0.39 is 0 Å². The summed E-state index contributed by atoms with van der Waals surface area (Å²) in [5.74, 6) is -0.382. The van der Waals surface area contributed by atoms with Gasteiger partial charge in [0.05, 0.1) is 12.2 Å². The molecule has 0 bridgehead atoms. The summed E-state index contributed by atoms with van der Waals surface area (Å²) in [6.45, 7) is 2.08. The lowest BCUT2D eigenvalue weighted by Crippen LogP contribution is -2.04. The molecule has 5 heteroatoms. The van der Waals surface area contributed by atoms with Crippen LogP contribution in [-0.2, 0) is 4.74 Å². The maximum absolute atomic E-state index is 11.9. The Hall–Kier alpha value is -1.64. The van der Waals surface area contributed by atoms with Crippen LogP contribution in [0.1, 0.15) is 22.2 Å². The molecule has 1 heterocycles. The summed E-state index contributed by atoms with van der Waals surface area (Å²) in [5.41, 5.74) is 1.98. The first-order valence-electron chi connectivity index (χ1n) is 5.62. The SMILES string of the molecule is CCOC(=O)c1scc(C#N)c1-c1ccc(Br)cc1. The van der Waals surface area contributed by atoms with Crippen LogP contribution in [0.4, 0.5) is 0 Å². The van der Waals surface area contributed by atoms with Crippen molar-refractivity contribution in [2.45, 2.75) is 6.92 Å². The molecule has 0 aliphatic carbocycles. The predicted octanol–water partition coefficient (Wildman–Crippen LogP) is 4.23. The van der Waals surface area contributed by atoms with Crippen LogP contribution in [0.5, 0.6) is 0 Å². The van der Waals surface area contributed by atoms with E-state index in [-0.39, 0.29) is 5.97 Å². The number of benzene rings is 1. The fourth-order valence-corrected chi connectivity index (χ4v) is 2.86. The number of thiophene rings is 1. The van der Waals surface area contributed by atoms with Gasteiger partial charge < -0.3 is 4.74 Å². The molecule has 0 atom stereocenters. The van der Waals surface area contributed by atoms with E-state index in [9.17, 15) is 4.79 Å². The van der Waals surface area contributed by atoms with Gasteiger partial charge in [-0.15, -0.1) is 11.3 Å². The fraction of sp³-hybridized carbons (Fsp3) is 0.143. The topological polar surface area (TPSA) is 50.1 Å². The summed E-state index contributed by atoms with van der Waals surface area (Å²) in [4.78, 5) is 12.4. The molecule has 1 aromatic heterocycles. The van der Waals surface area contributed by atoms with Crippen molar-refractivity contribution < 1.29 is 9.53 Å². The second-order valence-corrected chi connectivity index (χ2v) is 5.49. The zero-order valence-electron chi connectivity index (χ0n) is 10.1. The normalized spacial score (nSPS) is 9.95. The van der Waals surface area contributed by atoms with E-state index in [1.54, 1.807) is 12.3 Å². The summed E-state index contributed by atoms with van der Waals surface area (Å²) in [5, 5.41) is 10.8. The van der Waals surface area contributed by atoms with Gasteiger partial charge in [0.2, 0.25) is 0 Å². The van der Waals surface area contributed by atoms with E-state index in [1.807, 2.05) is 24.3 Å². The van der Waals surface area contributed by atoms with Crippen LogP contribution in [0.3, 0.4) is 0 Å². The van der Waals surface area contributed by atoms with Crippen molar-refractivity contribution in [3.05, 3.63) is 44.6 Å². The Morgan fingerprint density at radius 2 is 2.11 bits per heavy atom. The number of hydrogen-bond donors (Lipinski definition) is 0. The molecule has 0 saturated carbocycles. The lowest BCUT2D eigenvalue weighted by molar-refractivity contribution is 0.0533. The number of esters is 1. The van der Waals surface area contributed by atoms with Gasteiger partial charge in [-0.2, -0.15) is 5.26 Å². The molecule has 2 rings (SSSR count). The molecule has 0 aliphatic heterocycles. The minimum absolute atomic E-state index is 0.318. The van der Waals surface area contributed by atoms with Gasteiger partial charge in [0.25, 0.3) is 0 Å². The van der Waals surface area contributed by atoms with Gasteiger partial charge in [0.1, 0.15) is 10.9 Å². The van der Waals surface area contributed by atoms with Crippen LogP contribution in [0, 0.1) is 11.3 Å². The van der Waals surface area contributed by atoms with E-state index >= 15 is 0 Å². The standard InChI is InChI=1S/C14H10BrNO2S/c1-2-18-14(17)13-12(10(7-16)8-19-13)9-3-5-11(15)6-4-9/h3-6,8H,2H2,1H3. The smallest absolute Gasteiger partial charge is 0.348 e. The number of carbonyl (C=O) groups is 1. The summed E-state index contributed by atoms with van der Waals surface area (Å²) in [6, 6.07) is 9.61. The number of halogens is 1. The fourth-order valence-electron chi connectivity index (χ4n) is 1.69. The Morgan fingerprint density at radius 3 is 2.68 bits per heavy atom. The highest BCUT2D eigenvalue weighted by Crippen LogP contribution is 2.33. The maximum atomic E-state index is 11.9. The second-order valence-electron chi connectivity index (χ2n) is 3.69. The number of nitrogens with zero attached hydrogens (tertiary/aromatic N) is 1. The van der Waals surface area contributed by atoms with Crippen LogP contribution in [0.2, 0.25) is 0 Å². The van der Waals surface area contributed by atoms with E-state index in [2.05, 4.69) is 22.0 Å². The van der Waals surface area contributed by atoms with Crippen molar-refractivity contribution in [2.75, 3.05) is 6.61 Å². The van der Waals surface area contributed by atoms with Gasteiger partial charge in [-0.3, -0.25) is 0 Å². The lowest BCUT2D eigenvalue weighted by Gasteiger charge is -2.05. The second kappa shape index (κ2) is 6.00. The molecule has 0 aliphatic rings. The number of carbonyl (C=O) groups excluding carboxylic acids is 1. The van der Waals surface area contributed by atoms with Crippen LogP contribution in [0.15, 0.2) is 34.1 Å². The van der Waals surface area contributed by atoms with E-state index in [1.165, 1.54) is 11.3 Å². The van der Waals surface area contributed by atoms with Crippen molar-refractivity contribution in [3.63, 3.8) is 0 Å². The Labute approximate surface area is 123 Å². The number of rotatable bonds is 3. The first kappa shape index (κ1) is 13.8. The largest absolute Gasteiger partial charge is 0.462 e. The maximum Gasteiger partial charge on any atom is 0.348 e.